The maximum absolute atomic E-state index is 14.8. The lowest BCUT2D eigenvalue weighted by molar-refractivity contribution is -0.165. The summed E-state index contributed by atoms with van der Waals surface area (Å²) in [5.41, 5.74) is 2.16. The summed E-state index contributed by atoms with van der Waals surface area (Å²) in [5, 5.41) is 6.25. The van der Waals surface area contributed by atoms with Gasteiger partial charge in [0.15, 0.2) is 0 Å². The van der Waals surface area contributed by atoms with Crippen LogP contribution in [0.4, 0.5) is 22.0 Å². The van der Waals surface area contributed by atoms with Gasteiger partial charge in [0.2, 0.25) is 17.6 Å². The van der Waals surface area contributed by atoms with E-state index in [4.69, 9.17) is 11.6 Å². The van der Waals surface area contributed by atoms with Crippen LogP contribution < -0.4 is 16.0 Å². The molecule has 0 aliphatic heterocycles. The van der Waals surface area contributed by atoms with E-state index in [1.165, 1.54) is 13.8 Å². The van der Waals surface area contributed by atoms with E-state index in [1.54, 1.807) is 24.3 Å². The molecule has 7 nitrogen and oxygen atoms in total. The van der Waals surface area contributed by atoms with E-state index in [2.05, 4.69) is 26.6 Å². The number of amides is 3. The molecule has 0 bridgehead atoms. The monoisotopic (exact) mass is 743 g/mol. The highest BCUT2D eigenvalue weighted by atomic mass is 79.9. The van der Waals surface area contributed by atoms with E-state index in [0.29, 0.717) is 10.6 Å². The van der Waals surface area contributed by atoms with Gasteiger partial charge in [-0.1, -0.05) is 96.0 Å². The standard InChI is InChI=1S/C33H32BrClF5N3O4/c1-19(2)28(29(45)33(39,40)31(47)41-18-32(36,37)38)43-30(46)26(16-20-8-14-24(35)15-9-20)42-27(44)17-25(21-6-4-3-5-7-21)22-10-12-23(34)13-11-22/h3-15,19,25-26,28H,16-18H2,1-2H3,(H,41,47)(H,42,44)(H,43,46)/t25?,26-,28-/m0/s1. The second-order valence-corrected chi connectivity index (χ2v) is 12.5. The van der Waals surface area contributed by atoms with Crippen LogP contribution in [0.5, 0.6) is 0 Å². The van der Waals surface area contributed by atoms with Crippen LogP contribution in [0.15, 0.2) is 83.3 Å². The zero-order valence-electron chi connectivity index (χ0n) is 25.2. The molecule has 0 spiro atoms. The van der Waals surface area contributed by atoms with Gasteiger partial charge in [0, 0.05) is 28.3 Å². The molecular weight excluding hydrogens is 713 g/mol. The first kappa shape index (κ1) is 37.6. The van der Waals surface area contributed by atoms with Crippen molar-refractivity contribution in [3.05, 3.63) is 105 Å². The Morgan fingerprint density at radius 2 is 1.38 bits per heavy atom. The molecule has 1 unspecified atom stereocenters. The number of rotatable bonds is 14. The number of benzene rings is 3. The SMILES string of the molecule is CC(C)[C@H](NC(=O)[C@H](Cc1ccc(Cl)cc1)NC(=O)CC(c1ccccc1)c1ccc(Br)cc1)C(=O)C(F)(F)C(=O)NCC(F)(F)F. The number of hydrogen-bond donors (Lipinski definition) is 3. The summed E-state index contributed by atoms with van der Waals surface area (Å²) in [6.07, 6.45) is -5.24. The number of hydrogen-bond acceptors (Lipinski definition) is 4. The molecule has 0 heterocycles. The lowest BCUT2D eigenvalue weighted by Crippen LogP contribution is -2.59. The number of carbonyl (C=O) groups is 4. The van der Waals surface area contributed by atoms with Crippen molar-refractivity contribution in [2.24, 2.45) is 5.92 Å². The van der Waals surface area contributed by atoms with Crippen LogP contribution in [0, 0.1) is 5.92 Å². The van der Waals surface area contributed by atoms with Gasteiger partial charge in [-0.05, 0) is 46.9 Å². The van der Waals surface area contributed by atoms with Crippen LogP contribution in [0.1, 0.15) is 42.9 Å². The maximum atomic E-state index is 14.8. The summed E-state index contributed by atoms with van der Waals surface area (Å²) in [5.74, 6) is -12.5. The van der Waals surface area contributed by atoms with Crippen molar-refractivity contribution in [1.82, 2.24) is 16.0 Å². The van der Waals surface area contributed by atoms with Crippen LogP contribution in [0.25, 0.3) is 0 Å². The summed E-state index contributed by atoms with van der Waals surface area (Å²) in [7, 11) is 0. The Labute approximate surface area is 281 Å². The Kier molecular flexibility index (Phi) is 13.1. The molecule has 3 aromatic carbocycles. The van der Waals surface area contributed by atoms with Gasteiger partial charge in [0.1, 0.15) is 12.6 Å². The highest BCUT2D eigenvalue weighted by Crippen LogP contribution is 2.29. The van der Waals surface area contributed by atoms with Crippen molar-refractivity contribution in [3.63, 3.8) is 0 Å². The second kappa shape index (κ2) is 16.3. The first-order valence-corrected chi connectivity index (χ1v) is 15.6. The molecule has 3 rings (SSSR count). The van der Waals surface area contributed by atoms with Crippen LogP contribution >= 0.6 is 27.5 Å². The molecule has 3 amide bonds. The predicted molar refractivity (Wildman–Crippen MR) is 170 cm³/mol. The van der Waals surface area contributed by atoms with Crippen molar-refractivity contribution in [2.75, 3.05) is 6.54 Å². The molecule has 252 valence electrons. The van der Waals surface area contributed by atoms with Crippen molar-refractivity contribution in [1.29, 1.82) is 0 Å². The average molecular weight is 745 g/mol. The molecule has 0 aromatic heterocycles. The number of ketones is 1. The molecule has 0 saturated heterocycles. The lowest BCUT2D eigenvalue weighted by Gasteiger charge is -2.28. The summed E-state index contributed by atoms with van der Waals surface area (Å²) < 4.78 is 67.9. The van der Waals surface area contributed by atoms with Gasteiger partial charge in [0.05, 0.1) is 6.04 Å². The van der Waals surface area contributed by atoms with Crippen molar-refractivity contribution in [3.8, 4) is 0 Å². The predicted octanol–water partition coefficient (Wildman–Crippen LogP) is 6.38. The fraction of sp³-hybridized carbons (Fsp3) is 0.333. The third kappa shape index (κ3) is 11.1. The highest BCUT2D eigenvalue weighted by molar-refractivity contribution is 9.10. The molecule has 0 aliphatic carbocycles. The fourth-order valence-corrected chi connectivity index (χ4v) is 5.09. The van der Waals surface area contributed by atoms with Gasteiger partial charge in [-0.25, -0.2) is 0 Å². The second-order valence-electron chi connectivity index (χ2n) is 11.1. The minimum atomic E-state index is -5.00. The van der Waals surface area contributed by atoms with Gasteiger partial charge < -0.3 is 16.0 Å². The lowest BCUT2D eigenvalue weighted by atomic mass is 9.88. The van der Waals surface area contributed by atoms with Crippen molar-refractivity contribution < 1.29 is 41.1 Å². The summed E-state index contributed by atoms with van der Waals surface area (Å²) in [6.45, 7) is 0.539. The Morgan fingerprint density at radius 1 is 0.809 bits per heavy atom. The molecule has 3 aromatic rings. The Balaban J connectivity index is 1.87. The van der Waals surface area contributed by atoms with Crippen LogP contribution in [0.2, 0.25) is 5.02 Å². The quantitative estimate of drug-likeness (QED) is 0.132. The minimum Gasteiger partial charge on any atom is -0.344 e. The van der Waals surface area contributed by atoms with E-state index in [1.807, 2.05) is 54.6 Å². The van der Waals surface area contributed by atoms with E-state index >= 15 is 0 Å². The number of Topliss-reactive ketones (excluding diaryl/α,β-unsaturated/α-hetero) is 1. The summed E-state index contributed by atoms with van der Waals surface area (Å²) in [6, 6.07) is 19.4. The van der Waals surface area contributed by atoms with Crippen LogP contribution in [-0.2, 0) is 25.6 Å². The van der Waals surface area contributed by atoms with Gasteiger partial charge in [-0.15, -0.1) is 0 Å². The van der Waals surface area contributed by atoms with Crippen LogP contribution in [0.3, 0.4) is 0 Å². The van der Waals surface area contributed by atoms with Gasteiger partial charge in [-0.3, -0.25) is 19.2 Å². The topological polar surface area (TPSA) is 104 Å². The summed E-state index contributed by atoms with van der Waals surface area (Å²) in [4.78, 5) is 51.8. The molecule has 3 atom stereocenters. The van der Waals surface area contributed by atoms with E-state index in [0.717, 1.165) is 20.9 Å². The van der Waals surface area contributed by atoms with E-state index in [-0.39, 0.29) is 12.8 Å². The molecule has 47 heavy (non-hydrogen) atoms. The Hall–Kier alpha value is -3.84. The van der Waals surface area contributed by atoms with Gasteiger partial charge >= 0.3 is 12.1 Å². The highest BCUT2D eigenvalue weighted by Gasteiger charge is 2.52. The molecule has 14 heteroatoms. The van der Waals surface area contributed by atoms with Gasteiger partial charge in [0.25, 0.3) is 5.91 Å². The van der Waals surface area contributed by atoms with Crippen molar-refractivity contribution >= 4 is 51.0 Å². The third-order valence-electron chi connectivity index (χ3n) is 7.16. The molecule has 0 aliphatic rings. The molecule has 3 N–H and O–H groups in total. The number of nitrogens with one attached hydrogen (secondary N) is 3. The number of halogens is 7. The van der Waals surface area contributed by atoms with Gasteiger partial charge in [-0.2, -0.15) is 22.0 Å². The normalized spacial score (nSPS) is 13.7. The largest absolute Gasteiger partial charge is 0.405 e. The zero-order valence-corrected chi connectivity index (χ0v) is 27.6. The number of alkyl halides is 5. The van der Waals surface area contributed by atoms with Crippen molar-refractivity contribution in [2.45, 2.75) is 56.8 Å². The number of carbonyl (C=O) groups excluding carboxylic acids is 4. The molecule has 0 saturated carbocycles. The van der Waals surface area contributed by atoms with E-state index in [9.17, 15) is 41.1 Å². The average Bonchev–Trinajstić information content (AvgIpc) is 3.02. The zero-order chi connectivity index (χ0) is 34.9. The molecule has 0 fully saturated rings. The first-order valence-electron chi connectivity index (χ1n) is 14.4. The summed E-state index contributed by atoms with van der Waals surface area (Å²) >= 11 is 9.37. The third-order valence-corrected chi connectivity index (χ3v) is 7.94. The maximum Gasteiger partial charge on any atom is 0.405 e. The molecule has 0 radical (unpaired) electrons. The van der Waals surface area contributed by atoms with E-state index < -0.39 is 66.1 Å². The smallest absolute Gasteiger partial charge is 0.344 e. The fourth-order valence-electron chi connectivity index (χ4n) is 4.70. The van der Waals surface area contributed by atoms with Crippen LogP contribution in [-0.4, -0.2) is 54.2 Å². The Bertz CT molecular complexity index is 1540. The molecular formula is C33H32BrClF5N3O4. The first-order chi connectivity index (χ1) is 22.0. The minimum absolute atomic E-state index is 0.111. The Morgan fingerprint density at radius 3 is 1.94 bits per heavy atom.